The second-order valence-corrected chi connectivity index (χ2v) is 3.63. The Morgan fingerprint density at radius 2 is 2.38 bits per heavy atom. The van der Waals surface area contributed by atoms with Crippen molar-refractivity contribution in [2.45, 2.75) is 18.9 Å². The summed E-state index contributed by atoms with van der Waals surface area (Å²) in [4.78, 5) is 25.0. The van der Waals surface area contributed by atoms with Crippen LogP contribution in [0.15, 0.2) is 0 Å². The molecule has 1 fully saturated rings. The maximum atomic E-state index is 11.8. The summed E-state index contributed by atoms with van der Waals surface area (Å²) in [5, 5.41) is 5.66. The summed E-state index contributed by atoms with van der Waals surface area (Å²) in [7, 11) is 1.57. The fraction of sp³-hybridized carbons (Fsp3) is 0.636. The average Bonchev–Trinajstić information content (AvgIpc) is 2.35. The Balaban J connectivity index is 2.63. The molecule has 2 amide bonds. The van der Waals surface area contributed by atoms with Crippen molar-refractivity contribution in [2.75, 3.05) is 26.7 Å². The number of hydrogen-bond donors (Lipinski definition) is 2. The van der Waals surface area contributed by atoms with Gasteiger partial charge in [-0.2, -0.15) is 0 Å². The summed E-state index contributed by atoms with van der Waals surface area (Å²) in [6, 6.07) is -0.413. The van der Waals surface area contributed by atoms with Crippen LogP contribution in [0, 0.1) is 12.3 Å². The predicted octanol–water partition coefficient (Wildman–Crippen LogP) is -1.05. The van der Waals surface area contributed by atoms with Gasteiger partial charge in [-0.05, 0) is 0 Å². The van der Waals surface area contributed by atoms with Gasteiger partial charge in [0.25, 0.3) is 0 Å². The van der Waals surface area contributed by atoms with E-state index in [0.29, 0.717) is 25.9 Å². The Morgan fingerprint density at radius 3 is 3.00 bits per heavy atom. The van der Waals surface area contributed by atoms with Gasteiger partial charge in [0.15, 0.2) is 0 Å². The predicted molar refractivity (Wildman–Crippen MR) is 60.5 cm³/mol. The highest BCUT2D eigenvalue weighted by Crippen LogP contribution is 2.07. The molecule has 1 atom stereocenters. The Labute approximate surface area is 95.6 Å². The lowest BCUT2D eigenvalue weighted by molar-refractivity contribution is -0.141. The molecular formula is C11H17N3O2. The van der Waals surface area contributed by atoms with Gasteiger partial charge in [0.05, 0.1) is 0 Å². The van der Waals surface area contributed by atoms with Gasteiger partial charge in [-0.3, -0.25) is 9.59 Å². The number of likely N-dealkylation sites (N-methyl/N-ethyl adjacent to an activating group) is 1. The molecule has 0 radical (unpaired) electrons. The van der Waals surface area contributed by atoms with E-state index in [0.717, 1.165) is 6.54 Å². The molecule has 0 saturated carbocycles. The lowest BCUT2D eigenvalue weighted by Crippen LogP contribution is -2.59. The van der Waals surface area contributed by atoms with Crippen LogP contribution in [0.4, 0.5) is 0 Å². The molecule has 1 aliphatic heterocycles. The van der Waals surface area contributed by atoms with Gasteiger partial charge in [0, 0.05) is 39.5 Å². The standard InChI is InChI=1S/C11H17N3O2/c1-3-4-5-10(15)14-7-6-13-8-9(14)11(16)12-2/h1,9,13H,4-8H2,2H3,(H,12,16). The van der Waals surface area contributed by atoms with Crippen LogP contribution < -0.4 is 10.6 Å². The summed E-state index contributed by atoms with van der Waals surface area (Å²) in [6.07, 6.45) is 5.84. The van der Waals surface area contributed by atoms with Gasteiger partial charge in [-0.15, -0.1) is 12.3 Å². The third-order valence-electron chi connectivity index (χ3n) is 2.60. The topological polar surface area (TPSA) is 61.4 Å². The van der Waals surface area contributed by atoms with Crippen molar-refractivity contribution in [3.05, 3.63) is 0 Å². The molecule has 0 aromatic rings. The van der Waals surface area contributed by atoms with Crippen LogP contribution in [0.2, 0.25) is 0 Å². The number of amides is 2. The number of carbonyl (C=O) groups excluding carboxylic acids is 2. The smallest absolute Gasteiger partial charge is 0.243 e. The molecule has 1 aliphatic rings. The van der Waals surface area contributed by atoms with Crippen LogP contribution in [0.5, 0.6) is 0 Å². The SMILES string of the molecule is C#CCCC(=O)N1CCNCC1C(=O)NC. The lowest BCUT2D eigenvalue weighted by atomic mass is 10.1. The molecule has 1 saturated heterocycles. The van der Waals surface area contributed by atoms with E-state index in [2.05, 4.69) is 16.6 Å². The third-order valence-corrected chi connectivity index (χ3v) is 2.60. The zero-order valence-electron chi connectivity index (χ0n) is 9.45. The molecule has 0 aromatic carbocycles. The van der Waals surface area contributed by atoms with Gasteiger partial charge >= 0.3 is 0 Å². The first kappa shape index (κ1) is 12.5. The largest absolute Gasteiger partial charge is 0.357 e. The first-order valence-electron chi connectivity index (χ1n) is 5.36. The van der Waals surface area contributed by atoms with Crippen LogP contribution >= 0.6 is 0 Å². The van der Waals surface area contributed by atoms with Crippen LogP contribution in [0.3, 0.4) is 0 Å². The van der Waals surface area contributed by atoms with Crippen molar-refractivity contribution in [3.8, 4) is 12.3 Å². The molecule has 88 valence electrons. The Morgan fingerprint density at radius 1 is 1.62 bits per heavy atom. The minimum absolute atomic E-state index is 0.0481. The van der Waals surface area contributed by atoms with Crippen molar-refractivity contribution in [2.24, 2.45) is 0 Å². The molecular weight excluding hydrogens is 206 g/mol. The average molecular weight is 223 g/mol. The fourth-order valence-corrected chi connectivity index (χ4v) is 1.73. The molecule has 0 aromatic heterocycles. The number of terminal acetylenes is 1. The molecule has 16 heavy (non-hydrogen) atoms. The molecule has 1 unspecified atom stereocenters. The van der Waals surface area contributed by atoms with E-state index in [1.807, 2.05) is 0 Å². The number of carbonyl (C=O) groups is 2. The second kappa shape index (κ2) is 6.13. The van der Waals surface area contributed by atoms with Crippen LogP contribution in [-0.4, -0.2) is 49.4 Å². The number of piperazine rings is 1. The minimum Gasteiger partial charge on any atom is -0.357 e. The zero-order valence-corrected chi connectivity index (χ0v) is 9.45. The Kier molecular flexibility index (Phi) is 4.80. The highest BCUT2D eigenvalue weighted by atomic mass is 16.2. The Bertz CT molecular complexity index is 309. The maximum absolute atomic E-state index is 11.8. The molecule has 2 N–H and O–H groups in total. The molecule has 1 heterocycles. The summed E-state index contributed by atoms with van der Waals surface area (Å²) >= 11 is 0. The second-order valence-electron chi connectivity index (χ2n) is 3.63. The van der Waals surface area contributed by atoms with Crippen molar-refractivity contribution in [1.82, 2.24) is 15.5 Å². The van der Waals surface area contributed by atoms with Crippen LogP contribution in [0.1, 0.15) is 12.8 Å². The first-order chi connectivity index (χ1) is 7.70. The quantitative estimate of drug-likeness (QED) is 0.600. The third kappa shape index (κ3) is 2.97. The number of rotatable bonds is 3. The van der Waals surface area contributed by atoms with Crippen LogP contribution in [0.25, 0.3) is 0 Å². The van der Waals surface area contributed by atoms with E-state index in [9.17, 15) is 9.59 Å². The first-order valence-corrected chi connectivity index (χ1v) is 5.36. The zero-order chi connectivity index (χ0) is 12.0. The van der Waals surface area contributed by atoms with E-state index in [1.54, 1.807) is 11.9 Å². The molecule has 1 rings (SSSR count). The summed E-state index contributed by atoms with van der Waals surface area (Å²) in [5.74, 6) is 2.25. The number of hydrogen-bond acceptors (Lipinski definition) is 3. The normalized spacial score (nSPS) is 20.0. The van der Waals surface area contributed by atoms with Gasteiger partial charge < -0.3 is 15.5 Å². The van der Waals surface area contributed by atoms with Crippen molar-refractivity contribution in [1.29, 1.82) is 0 Å². The maximum Gasteiger partial charge on any atom is 0.243 e. The van der Waals surface area contributed by atoms with Crippen LogP contribution in [-0.2, 0) is 9.59 Å². The molecule has 5 heteroatoms. The fourth-order valence-electron chi connectivity index (χ4n) is 1.73. The molecule has 0 bridgehead atoms. The minimum atomic E-state index is -0.413. The van der Waals surface area contributed by atoms with E-state index in [-0.39, 0.29) is 11.8 Å². The highest BCUT2D eigenvalue weighted by Gasteiger charge is 2.30. The summed E-state index contributed by atoms with van der Waals surface area (Å²) in [5.41, 5.74) is 0. The van der Waals surface area contributed by atoms with E-state index in [1.165, 1.54) is 0 Å². The summed E-state index contributed by atoms with van der Waals surface area (Å²) < 4.78 is 0. The summed E-state index contributed by atoms with van der Waals surface area (Å²) in [6.45, 7) is 1.78. The van der Waals surface area contributed by atoms with Crippen molar-refractivity contribution >= 4 is 11.8 Å². The Hall–Kier alpha value is -1.54. The highest BCUT2D eigenvalue weighted by molar-refractivity contribution is 5.88. The number of nitrogens with zero attached hydrogens (tertiary/aromatic N) is 1. The van der Waals surface area contributed by atoms with Crippen molar-refractivity contribution in [3.63, 3.8) is 0 Å². The lowest BCUT2D eigenvalue weighted by Gasteiger charge is -2.34. The van der Waals surface area contributed by atoms with E-state index < -0.39 is 6.04 Å². The monoisotopic (exact) mass is 223 g/mol. The van der Waals surface area contributed by atoms with Gasteiger partial charge in [-0.25, -0.2) is 0 Å². The van der Waals surface area contributed by atoms with E-state index in [4.69, 9.17) is 6.42 Å². The number of nitrogens with one attached hydrogen (secondary N) is 2. The van der Waals surface area contributed by atoms with Gasteiger partial charge in [0.2, 0.25) is 11.8 Å². The van der Waals surface area contributed by atoms with E-state index >= 15 is 0 Å². The van der Waals surface area contributed by atoms with Gasteiger partial charge in [-0.1, -0.05) is 0 Å². The molecule has 0 spiro atoms. The van der Waals surface area contributed by atoms with Gasteiger partial charge in [0.1, 0.15) is 6.04 Å². The molecule has 0 aliphatic carbocycles. The molecule has 5 nitrogen and oxygen atoms in total. The van der Waals surface area contributed by atoms with Crippen molar-refractivity contribution < 1.29 is 9.59 Å².